The summed E-state index contributed by atoms with van der Waals surface area (Å²) < 4.78 is 7.59. The minimum atomic E-state index is -0.0633. The van der Waals surface area contributed by atoms with Gasteiger partial charge in [0.1, 0.15) is 12.4 Å². The summed E-state index contributed by atoms with van der Waals surface area (Å²) in [7, 11) is 0. The zero-order chi connectivity index (χ0) is 13.4. The molecule has 0 amide bonds. The summed E-state index contributed by atoms with van der Waals surface area (Å²) in [5.41, 5.74) is 7.05. The number of nitrogens with zero attached hydrogens (tertiary/aromatic N) is 2. The second-order valence-electron chi connectivity index (χ2n) is 4.11. The van der Waals surface area contributed by atoms with Crippen molar-refractivity contribution in [3.63, 3.8) is 0 Å². The van der Waals surface area contributed by atoms with Gasteiger partial charge in [-0.05, 0) is 31.6 Å². The minimum Gasteiger partial charge on any atom is -0.492 e. The Labute approximate surface area is 108 Å². The van der Waals surface area contributed by atoms with Gasteiger partial charge in [0, 0.05) is 18.9 Å². The van der Waals surface area contributed by atoms with Gasteiger partial charge in [-0.1, -0.05) is 12.7 Å². The van der Waals surface area contributed by atoms with Crippen molar-refractivity contribution in [3.05, 3.63) is 54.9 Å². The van der Waals surface area contributed by atoms with E-state index in [1.54, 1.807) is 18.6 Å². The largest absolute Gasteiger partial charge is 0.492 e. The van der Waals surface area contributed by atoms with Crippen LogP contribution in [0.25, 0.3) is 0 Å². The molecule has 1 unspecified atom stereocenters. The number of hydrogen-bond donors (Lipinski definition) is 1. The van der Waals surface area contributed by atoms with E-state index in [2.05, 4.69) is 11.6 Å². The third-order valence-electron chi connectivity index (χ3n) is 2.45. The molecular weight excluding hydrogens is 226 g/mol. The molecule has 0 fully saturated rings. The monoisotopic (exact) mass is 247 g/mol. The Balaban J connectivity index is 2.41. The molecule has 1 aromatic rings. The van der Waals surface area contributed by atoms with E-state index < -0.39 is 0 Å². The molecule has 2 N–H and O–H groups in total. The van der Waals surface area contributed by atoms with Crippen LogP contribution >= 0.6 is 0 Å². The lowest BCUT2D eigenvalue weighted by molar-refractivity contribution is 0.196. The van der Waals surface area contributed by atoms with Gasteiger partial charge in [0.25, 0.3) is 0 Å². The van der Waals surface area contributed by atoms with Crippen LogP contribution in [0.4, 0.5) is 0 Å². The second kappa shape index (κ2) is 7.50. The first-order chi connectivity index (χ1) is 8.65. The molecule has 1 rings (SSSR count). The number of aromatic nitrogens is 2. The van der Waals surface area contributed by atoms with E-state index in [1.807, 2.05) is 36.8 Å². The van der Waals surface area contributed by atoms with Crippen molar-refractivity contribution in [1.29, 1.82) is 0 Å². The predicted octanol–water partition coefficient (Wildman–Crippen LogP) is 2.26. The SMILES string of the molecule is C=C/C(C)=C\C(=C/C)OCC(N)Cn1ccnc1. The fraction of sp³-hybridized carbons (Fsp3) is 0.357. The summed E-state index contributed by atoms with van der Waals surface area (Å²) in [6.45, 7) is 8.79. The Kier molecular flexibility index (Phi) is 5.94. The highest BCUT2D eigenvalue weighted by Crippen LogP contribution is 2.06. The van der Waals surface area contributed by atoms with Crippen LogP contribution in [-0.4, -0.2) is 22.2 Å². The molecule has 4 nitrogen and oxygen atoms in total. The standard InChI is InChI=1S/C14H21N3O/c1-4-12(3)8-14(5-2)18-10-13(15)9-17-7-6-16-11-17/h4-8,11,13H,1,9-10,15H2,2-3H3/b12-8-,14-5+. The molecule has 0 bridgehead atoms. The zero-order valence-electron chi connectivity index (χ0n) is 11.0. The van der Waals surface area contributed by atoms with E-state index in [1.165, 1.54) is 0 Å². The van der Waals surface area contributed by atoms with E-state index >= 15 is 0 Å². The highest BCUT2D eigenvalue weighted by atomic mass is 16.5. The van der Waals surface area contributed by atoms with Gasteiger partial charge in [-0.15, -0.1) is 0 Å². The molecule has 1 aromatic heterocycles. The van der Waals surface area contributed by atoms with Crippen LogP contribution in [0.1, 0.15) is 13.8 Å². The second-order valence-corrected chi connectivity index (χ2v) is 4.11. The van der Waals surface area contributed by atoms with E-state index in [9.17, 15) is 0 Å². The van der Waals surface area contributed by atoms with Crippen LogP contribution in [0.15, 0.2) is 54.9 Å². The Morgan fingerprint density at radius 2 is 2.39 bits per heavy atom. The first-order valence-electron chi connectivity index (χ1n) is 5.97. The fourth-order valence-corrected chi connectivity index (χ4v) is 1.41. The first kappa shape index (κ1) is 14.3. The van der Waals surface area contributed by atoms with E-state index in [-0.39, 0.29) is 6.04 Å². The maximum absolute atomic E-state index is 5.99. The highest BCUT2D eigenvalue weighted by Gasteiger charge is 2.04. The van der Waals surface area contributed by atoms with Gasteiger partial charge in [-0.3, -0.25) is 0 Å². The molecule has 0 aliphatic carbocycles. The van der Waals surface area contributed by atoms with E-state index in [0.29, 0.717) is 13.2 Å². The van der Waals surface area contributed by atoms with Crippen LogP contribution in [0.5, 0.6) is 0 Å². The molecule has 0 aliphatic heterocycles. The number of imidazole rings is 1. The van der Waals surface area contributed by atoms with Gasteiger partial charge in [-0.2, -0.15) is 0 Å². The number of hydrogen-bond acceptors (Lipinski definition) is 3. The first-order valence-corrected chi connectivity index (χ1v) is 5.97. The lowest BCUT2D eigenvalue weighted by Gasteiger charge is -2.14. The van der Waals surface area contributed by atoms with Crippen LogP contribution in [0, 0.1) is 0 Å². The number of nitrogens with two attached hydrogens (primary N) is 1. The number of allylic oxidation sites excluding steroid dienone is 4. The van der Waals surface area contributed by atoms with E-state index in [4.69, 9.17) is 10.5 Å². The van der Waals surface area contributed by atoms with Crippen LogP contribution in [-0.2, 0) is 11.3 Å². The molecule has 0 radical (unpaired) electrons. The molecule has 0 spiro atoms. The van der Waals surface area contributed by atoms with Crippen LogP contribution in [0.2, 0.25) is 0 Å². The Morgan fingerprint density at radius 1 is 1.61 bits per heavy atom. The fourth-order valence-electron chi connectivity index (χ4n) is 1.41. The van der Waals surface area contributed by atoms with Crippen molar-refractivity contribution >= 4 is 0 Å². The summed E-state index contributed by atoms with van der Waals surface area (Å²) in [5.74, 6) is 0.813. The maximum atomic E-state index is 5.99. The summed E-state index contributed by atoms with van der Waals surface area (Å²) in [5, 5.41) is 0. The molecule has 1 heterocycles. The number of ether oxygens (including phenoxy) is 1. The van der Waals surface area contributed by atoms with Gasteiger partial charge in [-0.25, -0.2) is 4.98 Å². The van der Waals surface area contributed by atoms with E-state index in [0.717, 1.165) is 11.3 Å². The molecule has 0 saturated carbocycles. The van der Waals surface area contributed by atoms with Gasteiger partial charge in [0.05, 0.1) is 12.4 Å². The summed E-state index contributed by atoms with van der Waals surface area (Å²) in [6, 6.07) is -0.0633. The van der Waals surface area contributed by atoms with Gasteiger partial charge >= 0.3 is 0 Å². The van der Waals surface area contributed by atoms with Crippen molar-refractivity contribution in [2.75, 3.05) is 6.61 Å². The van der Waals surface area contributed by atoms with Crippen molar-refractivity contribution < 1.29 is 4.74 Å². The topological polar surface area (TPSA) is 53.1 Å². The van der Waals surface area contributed by atoms with Gasteiger partial charge < -0.3 is 15.0 Å². The zero-order valence-corrected chi connectivity index (χ0v) is 11.0. The normalized spacial score (nSPS) is 14.4. The lowest BCUT2D eigenvalue weighted by Crippen LogP contribution is -2.30. The summed E-state index contributed by atoms with van der Waals surface area (Å²) in [4.78, 5) is 3.97. The lowest BCUT2D eigenvalue weighted by atomic mass is 10.2. The molecule has 0 saturated heterocycles. The van der Waals surface area contributed by atoms with Crippen molar-refractivity contribution in [2.45, 2.75) is 26.4 Å². The average Bonchev–Trinajstić information content (AvgIpc) is 2.86. The molecular formula is C14H21N3O. The van der Waals surface area contributed by atoms with Crippen LogP contribution in [0.3, 0.4) is 0 Å². The molecule has 98 valence electrons. The third-order valence-corrected chi connectivity index (χ3v) is 2.45. The molecule has 18 heavy (non-hydrogen) atoms. The van der Waals surface area contributed by atoms with Crippen LogP contribution < -0.4 is 5.73 Å². The Bertz CT molecular complexity index is 418. The maximum Gasteiger partial charge on any atom is 0.115 e. The van der Waals surface area contributed by atoms with Crippen molar-refractivity contribution in [1.82, 2.24) is 9.55 Å². The predicted molar refractivity (Wildman–Crippen MR) is 73.9 cm³/mol. The van der Waals surface area contributed by atoms with Gasteiger partial charge in [0.2, 0.25) is 0 Å². The molecule has 0 aliphatic rings. The van der Waals surface area contributed by atoms with Crippen molar-refractivity contribution in [2.24, 2.45) is 5.73 Å². The summed E-state index contributed by atoms with van der Waals surface area (Å²) in [6.07, 6.45) is 11.0. The highest BCUT2D eigenvalue weighted by molar-refractivity contribution is 5.23. The quantitative estimate of drug-likeness (QED) is 0.594. The Morgan fingerprint density at radius 3 is 2.94 bits per heavy atom. The minimum absolute atomic E-state index is 0.0633. The number of rotatable bonds is 7. The average molecular weight is 247 g/mol. The Hall–Kier alpha value is -1.81. The van der Waals surface area contributed by atoms with Gasteiger partial charge in [0.15, 0.2) is 0 Å². The molecule has 0 aromatic carbocycles. The summed E-state index contributed by atoms with van der Waals surface area (Å²) >= 11 is 0. The third kappa shape index (κ3) is 5.01. The smallest absolute Gasteiger partial charge is 0.115 e. The molecule has 4 heteroatoms. The van der Waals surface area contributed by atoms with Crippen molar-refractivity contribution in [3.8, 4) is 0 Å². The molecule has 1 atom stereocenters.